The molecule has 2 heterocycles. The Morgan fingerprint density at radius 2 is 1.70 bits per heavy atom. The number of amides is 1. The van der Waals surface area contributed by atoms with Crippen molar-refractivity contribution in [2.45, 2.75) is 6.18 Å². The number of carbonyl (C=O) groups excluding carboxylic acids is 2. The van der Waals surface area contributed by atoms with Gasteiger partial charge < -0.3 is 14.2 Å². The molecule has 0 fully saturated rings. The number of carbonyl (C=O) groups is 2. The van der Waals surface area contributed by atoms with Crippen LogP contribution in [0.1, 0.15) is 32.2 Å². The highest BCUT2D eigenvalue weighted by molar-refractivity contribution is 6.07. The lowest BCUT2D eigenvalue weighted by molar-refractivity contribution is -0.137. The third kappa shape index (κ3) is 5.30. The quantitative estimate of drug-likeness (QED) is 0.261. The summed E-state index contributed by atoms with van der Waals surface area (Å²) >= 11 is 0. The van der Waals surface area contributed by atoms with Crippen LogP contribution >= 0.6 is 0 Å². The molecule has 4 aromatic rings. The Morgan fingerprint density at radius 3 is 2.39 bits per heavy atom. The first-order chi connectivity index (χ1) is 15.8. The number of rotatable bonds is 6. The van der Waals surface area contributed by atoms with E-state index in [-0.39, 0.29) is 22.9 Å². The SMILES string of the molecule is O=C(C=Cc1ccc(-c2cccc(C(F)(F)F)c2)o1)c1ccc(NC(=O)c2ccco2)cc1. The summed E-state index contributed by atoms with van der Waals surface area (Å²) in [6.07, 6.45) is -0.323. The molecule has 33 heavy (non-hydrogen) atoms. The fourth-order valence-electron chi connectivity index (χ4n) is 3.02. The van der Waals surface area contributed by atoms with Crippen LogP contribution in [0.4, 0.5) is 18.9 Å². The Balaban J connectivity index is 1.41. The number of alkyl halides is 3. The molecule has 5 nitrogen and oxygen atoms in total. The molecule has 0 aliphatic heterocycles. The van der Waals surface area contributed by atoms with Gasteiger partial charge in [0, 0.05) is 16.8 Å². The highest BCUT2D eigenvalue weighted by Gasteiger charge is 2.30. The normalized spacial score (nSPS) is 11.6. The number of benzene rings is 2. The van der Waals surface area contributed by atoms with Gasteiger partial charge in [-0.1, -0.05) is 12.1 Å². The molecule has 166 valence electrons. The minimum atomic E-state index is -4.45. The molecule has 2 aromatic carbocycles. The van der Waals surface area contributed by atoms with Crippen molar-refractivity contribution in [3.05, 3.63) is 108 Å². The molecule has 8 heteroatoms. The Labute approximate surface area is 186 Å². The van der Waals surface area contributed by atoms with Crippen LogP contribution in [0.3, 0.4) is 0 Å². The van der Waals surface area contributed by atoms with Crippen molar-refractivity contribution >= 4 is 23.5 Å². The van der Waals surface area contributed by atoms with Crippen LogP contribution in [-0.4, -0.2) is 11.7 Å². The number of anilines is 1. The maximum Gasteiger partial charge on any atom is 0.416 e. The zero-order valence-electron chi connectivity index (χ0n) is 16.9. The van der Waals surface area contributed by atoms with Crippen molar-refractivity contribution in [1.82, 2.24) is 0 Å². The molecule has 0 radical (unpaired) electrons. The topological polar surface area (TPSA) is 72.5 Å². The molecule has 0 saturated heterocycles. The van der Waals surface area contributed by atoms with Crippen LogP contribution < -0.4 is 5.32 Å². The van der Waals surface area contributed by atoms with Gasteiger partial charge in [-0.25, -0.2) is 0 Å². The molecular formula is C25H16F3NO4. The zero-order chi connectivity index (χ0) is 23.4. The molecule has 0 aliphatic carbocycles. The molecule has 0 bridgehead atoms. The van der Waals surface area contributed by atoms with E-state index in [1.807, 2.05) is 0 Å². The lowest BCUT2D eigenvalue weighted by Gasteiger charge is -2.07. The van der Waals surface area contributed by atoms with Crippen LogP contribution in [0.25, 0.3) is 17.4 Å². The molecule has 0 saturated carbocycles. The van der Waals surface area contributed by atoms with Gasteiger partial charge in [-0.2, -0.15) is 13.2 Å². The molecule has 1 N–H and O–H groups in total. The lowest BCUT2D eigenvalue weighted by Crippen LogP contribution is -2.10. The number of halogens is 3. The fraction of sp³-hybridized carbons (Fsp3) is 0.0400. The van der Waals surface area contributed by atoms with Gasteiger partial charge in [0.2, 0.25) is 0 Å². The van der Waals surface area contributed by atoms with Crippen LogP contribution in [0.15, 0.2) is 94.0 Å². The lowest BCUT2D eigenvalue weighted by atomic mass is 10.1. The second kappa shape index (κ2) is 9.04. The average Bonchev–Trinajstić information content (AvgIpc) is 3.50. The van der Waals surface area contributed by atoms with E-state index in [2.05, 4.69) is 5.32 Å². The summed E-state index contributed by atoms with van der Waals surface area (Å²) < 4.78 is 49.3. The van der Waals surface area contributed by atoms with E-state index in [4.69, 9.17) is 8.83 Å². The first-order valence-electron chi connectivity index (χ1n) is 9.74. The predicted molar refractivity (Wildman–Crippen MR) is 116 cm³/mol. The van der Waals surface area contributed by atoms with Crippen molar-refractivity contribution in [3.63, 3.8) is 0 Å². The summed E-state index contributed by atoms with van der Waals surface area (Å²) in [6, 6.07) is 17.3. The summed E-state index contributed by atoms with van der Waals surface area (Å²) in [5, 5.41) is 2.65. The molecule has 4 rings (SSSR count). The maximum atomic E-state index is 12.9. The number of furan rings is 2. The summed E-state index contributed by atoms with van der Waals surface area (Å²) in [5.41, 5.74) is 0.385. The number of allylic oxidation sites excluding steroid dienone is 1. The Kier molecular flexibility index (Phi) is 5.99. The van der Waals surface area contributed by atoms with Gasteiger partial charge >= 0.3 is 6.18 Å². The van der Waals surface area contributed by atoms with Crippen LogP contribution in [0, 0.1) is 0 Å². The second-order valence-corrected chi connectivity index (χ2v) is 6.99. The predicted octanol–water partition coefficient (Wildman–Crippen LogP) is 6.71. The van der Waals surface area contributed by atoms with Crippen molar-refractivity contribution < 1.29 is 31.6 Å². The molecule has 0 aliphatic rings. The largest absolute Gasteiger partial charge is 0.459 e. The van der Waals surface area contributed by atoms with Gasteiger partial charge in [-0.05, 0) is 72.8 Å². The van der Waals surface area contributed by atoms with Crippen LogP contribution in [-0.2, 0) is 6.18 Å². The first-order valence-corrected chi connectivity index (χ1v) is 9.74. The van der Waals surface area contributed by atoms with Gasteiger partial charge in [-0.3, -0.25) is 9.59 Å². The highest BCUT2D eigenvalue weighted by atomic mass is 19.4. The first kappa shape index (κ1) is 21.9. The molecule has 1 amide bonds. The van der Waals surface area contributed by atoms with E-state index in [0.29, 0.717) is 17.0 Å². The fourth-order valence-corrected chi connectivity index (χ4v) is 3.02. The summed E-state index contributed by atoms with van der Waals surface area (Å²) in [7, 11) is 0. The van der Waals surface area contributed by atoms with E-state index < -0.39 is 17.6 Å². The van der Waals surface area contributed by atoms with Gasteiger partial charge in [-0.15, -0.1) is 0 Å². The molecule has 0 spiro atoms. The standard InChI is InChI=1S/C25H16F3NO4/c26-25(27,28)18-4-1-3-17(15-18)22-13-11-20(33-22)10-12-21(30)16-6-8-19(9-7-16)29-24(31)23-5-2-14-32-23/h1-15H,(H,29,31). The van der Waals surface area contributed by atoms with Gasteiger partial charge in [0.25, 0.3) is 5.91 Å². The Morgan fingerprint density at radius 1 is 0.909 bits per heavy atom. The van der Waals surface area contributed by atoms with E-state index in [1.165, 1.54) is 42.7 Å². The number of ketones is 1. The van der Waals surface area contributed by atoms with E-state index in [1.54, 1.807) is 36.4 Å². The number of hydrogen-bond donors (Lipinski definition) is 1. The number of hydrogen-bond acceptors (Lipinski definition) is 4. The monoisotopic (exact) mass is 451 g/mol. The van der Waals surface area contributed by atoms with Crippen molar-refractivity contribution in [2.24, 2.45) is 0 Å². The van der Waals surface area contributed by atoms with E-state index >= 15 is 0 Å². The highest BCUT2D eigenvalue weighted by Crippen LogP contribution is 2.32. The molecule has 2 aromatic heterocycles. The third-order valence-corrected chi connectivity index (χ3v) is 4.67. The Bertz CT molecular complexity index is 1300. The van der Waals surface area contributed by atoms with Gasteiger partial charge in [0.15, 0.2) is 11.5 Å². The maximum absolute atomic E-state index is 12.9. The van der Waals surface area contributed by atoms with Crippen molar-refractivity contribution in [2.75, 3.05) is 5.32 Å². The van der Waals surface area contributed by atoms with Gasteiger partial charge in [0.1, 0.15) is 11.5 Å². The Hall–Kier alpha value is -4.33. The number of nitrogens with one attached hydrogen (secondary N) is 1. The van der Waals surface area contributed by atoms with Gasteiger partial charge in [0.05, 0.1) is 11.8 Å². The third-order valence-electron chi connectivity index (χ3n) is 4.67. The van der Waals surface area contributed by atoms with E-state index in [0.717, 1.165) is 12.1 Å². The minimum Gasteiger partial charge on any atom is -0.459 e. The van der Waals surface area contributed by atoms with Crippen LogP contribution in [0.2, 0.25) is 0 Å². The molecular weight excluding hydrogens is 435 g/mol. The van der Waals surface area contributed by atoms with Crippen molar-refractivity contribution in [3.8, 4) is 11.3 Å². The second-order valence-electron chi connectivity index (χ2n) is 6.99. The summed E-state index contributed by atoms with van der Waals surface area (Å²) in [4.78, 5) is 24.4. The summed E-state index contributed by atoms with van der Waals surface area (Å²) in [6.45, 7) is 0. The van der Waals surface area contributed by atoms with E-state index in [9.17, 15) is 22.8 Å². The minimum absolute atomic E-state index is 0.168. The zero-order valence-corrected chi connectivity index (χ0v) is 16.9. The molecule has 0 unspecified atom stereocenters. The molecule has 0 atom stereocenters. The van der Waals surface area contributed by atoms with Crippen molar-refractivity contribution in [1.29, 1.82) is 0 Å². The summed E-state index contributed by atoms with van der Waals surface area (Å²) in [5.74, 6) is 0.0216. The van der Waals surface area contributed by atoms with Crippen LogP contribution in [0.5, 0.6) is 0 Å². The smallest absolute Gasteiger partial charge is 0.416 e. The average molecular weight is 451 g/mol.